The molecule has 2 heterocycles. The summed E-state index contributed by atoms with van der Waals surface area (Å²) in [4.78, 5) is 5.76. The molecule has 1 saturated carbocycles. The van der Waals surface area contributed by atoms with E-state index in [1.165, 1.54) is 25.7 Å². The highest BCUT2D eigenvalue weighted by Crippen LogP contribution is 2.27. The van der Waals surface area contributed by atoms with E-state index in [0.29, 0.717) is 11.6 Å². The zero-order valence-corrected chi connectivity index (χ0v) is 11.4. The smallest absolute Gasteiger partial charge is 0.144 e. The van der Waals surface area contributed by atoms with Crippen LogP contribution >= 0.6 is 11.3 Å². The van der Waals surface area contributed by atoms with Crippen LogP contribution in [0.3, 0.4) is 0 Å². The molecule has 3 rings (SSSR count). The lowest BCUT2D eigenvalue weighted by atomic mass is 10.2. The van der Waals surface area contributed by atoms with Crippen LogP contribution in [0.25, 0.3) is 10.6 Å². The Kier molecular flexibility index (Phi) is 3.47. The summed E-state index contributed by atoms with van der Waals surface area (Å²) in [5.74, 6) is 0.736. The van der Waals surface area contributed by atoms with E-state index in [4.69, 9.17) is 0 Å². The third-order valence-corrected chi connectivity index (χ3v) is 4.38. The highest BCUT2D eigenvalue weighted by atomic mass is 32.1. The van der Waals surface area contributed by atoms with Gasteiger partial charge < -0.3 is 5.32 Å². The first-order valence-electron chi connectivity index (χ1n) is 6.58. The Balaban J connectivity index is 1.91. The summed E-state index contributed by atoms with van der Waals surface area (Å²) >= 11 is 1.67. The maximum atomic E-state index is 9.19. The van der Waals surface area contributed by atoms with Crippen molar-refractivity contribution < 1.29 is 0 Å². The molecule has 0 saturated heterocycles. The molecule has 0 aromatic carbocycles. The second-order valence-corrected chi connectivity index (χ2v) is 5.76. The first-order valence-corrected chi connectivity index (χ1v) is 7.46. The van der Waals surface area contributed by atoms with Gasteiger partial charge in [-0.05, 0) is 36.4 Å². The second-order valence-electron chi connectivity index (χ2n) is 4.81. The van der Waals surface area contributed by atoms with Crippen molar-refractivity contribution in [2.75, 3.05) is 5.32 Å². The molecular weight excluding hydrogens is 254 g/mol. The van der Waals surface area contributed by atoms with Gasteiger partial charge in [-0.3, -0.25) is 0 Å². The van der Waals surface area contributed by atoms with E-state index < -0.39 is 0 Å². The number of nitrogens with one attached hydrogen (secondary N) is 1. The normalized spacial score (nSPS) is 15.3. The molecule has 19 heavy (non-hydrogen) atoms. The average molecular weight is 269 g/mol. The number of anilines is 1. The van der Waals surface area contributed by atoms with Crippen molar-refractivity contribution in [1.82, 2.24) is 4.98 Å². The van der Waals surface area contributed by atoms with Gasteiger partial charge in [0.05, 0.1) is 16.1 Å². The fourth-order valence-corrected chi connectivity index (χ4v) is 3.18. The van der Waals surface area contributed by atoms with E-state index >= 15 is 0 Å². The summed E-state index contributed by atoms with van der Waals surface area (Å²) in [6.45, 7) is 0. The van der Waals surface area contributed by atoms with Crippen molar-refractivity contribution >= 4 is 17.2 Å². The van der Waals surface area contributed by atoms with Gasteiger partial charge in [-0.1, -0.05) is 18.9 Å². The van der Waals surface area contributed by atoms with Gasteiger partial charge in [0.1, 0.15) is 11.9 Å². The van der Waals surface area contributed by atoms with Crippen LogP contribution in [0, 0.1) is 11.3 Å². The van der Waals surface area contributed by atoms with Crippen LogP contribution in [-0.2, 0) is 0 Å². The van der Waals surface area contributed by atoms with Crippen molar-refractivity contribution in [3.8, 4) is 16.6 Å². The van der Waals surface area contributed by atoms with Gasteiger partial charge in [0, 0.05) is 6.04 Å². The Morgan fingerprint density at radius 3 is 2.79 bits per heavy atom. The predicted molar refractivity (Wildman–Crippen MR) is 78.1 cm³/mol. The zero-order chi connectivity index (χ0) is 13.1. The summed E-state index contributed by atoms with van der Waals surface area (Å²) in [6, 6.07) is 10.5. The molecule has 1 aliphatic carbocycles. The standard InChI is InChI=1S/C15H15N3S/c16-10-11-7-8-13(14-6-3-9-19-14)18-15(11)17-12-4-1-2-5-12/h3,6-9,12H,1-2,4-5H2,(H,17,18). The monoisotopic (exact) mass is 269 g/mol. The topological polar surface area (TPSA) is 48.7 Å². The fraction of sp³-hybridized carbons (Fsp3) is 0.333. The van der Waals surface area contributed by atoms with E-state index in [2.05, 4.69) is 22.4 Å². The maximum Gasteiger partial charge on any atom is 0.144 e. The third-order valence-electron chi connectivity index (χ3n) is 3.49. The van der Waals surface area contributed by atoms with Crippen molar-refractivity contribution in [2.24, 2.45) is 0 Å². The largest absolute Gasteiger partial charge is 0.366 e. The summed E-state index contributed by atoms with van der Waals surface area (Å²) in [6.07, 6.45) is 4.89. The van der Waals surface area contributed by atoms with Crippen LogP contribution in [0.1, 0.15) is 31.2 Å². The van der Waals surface area contributed by atoms with Crippen molar-refractivity contribution in [2.45, 2.75) is 31.7 Å². The molecule has 2 aromatic heterocycles. The van der Waals surface area contributed by atoms with Crippen LogP contribution < -0.4 is 5.32 Å². The van der Waals surface area contributed by atoms with Gasteiger partial charge in [-0.25, -0.2) is 4.98 Å². The number of hydrogen-bond donors (Lipinski definition) is 1. The first-order chi connectivity index (χ1) is 9.36. The summed E-state index contributed by atoms with van der Waals surface area (Å²) in [7, 11) is 0. The van der Waals surface area contributed by atoms with Gasteiger partial charge in [-0.15, -0.1) is 11.3 Å². The minimum atomic E-state index is 0.471. The summed E-state index contributed by atoms with van der Waals surface area (Å²) in [5, 5.41) is 14.7. The minimum absolute atomic E-state index is 0.471. The van der Waals surface area contributed by atoms with Crippen LogP contribution in [0.4, 0.5) is 5.82 Å². The van der Waals surface area contributed by atoms with Gasteiger partial charge in [0.25, 0.3) is 0 Å². The predicted octanol–water partition coefficient (Wildman–Crippen LogP) is 4.04. The minimum Gasteiger partial charge on any atom is -0.366 e. The summed E-state index contributed by atoms with van der Waals surface area (Å²) < 4.78 is 0. The first kappa shape index (κ1) is 12.2. The van der Waals surface area contributed by atoms with Gasteiger partial charge in [-0.2, -0.15) is 5.26 Å². The highest BCUT2D eigenvalue weighted by Gasteiger charge is 2.17. The number of nitriles is 1. The van der Waals surface area contributed by atoms with Gasteiger partial charge >= 0.3 is 0 Å². The molecule has 4 heteroatoms. The van der Waals surface area contributed by atoms with Crippen molar-refractivity contribution in [3.63, 3.8) is 0 Å². The van der Waals surface area contributed by atoms with E-state index in [9.17, 15) is 5.26 Å². The number of rotatable bonds is 3. The summed E-state index contributed by atoms with van der Waals surface area (Å²) in [5.41, 5.74) is 1.57. The average Bonchev–Trinajstić information content (AvgIpc) is 3.11. The lowest BCUT2D eigenvalue weighted by molar-refractivity contribution is 0.750. The Morgan fingerprint density at radius 1 is 1.26 bits per heavy atom. The number of nitrogens with zero attached hydrogens (tertiary/aromatic N) is 2. The van der Waals surface area contributed by atoms with E-state index in [1.54, 1.807) is 11.3 Å². The number of hydrogen-bond acceptors (Lipinski definition) is 4. The van der Waals surface area contributed by atoms with Crippen LogP contribution in [-0.4, -0.2) is 11.0 Å². The molecule has 1 fully saturated rings. The molecule has 0 unspecified atom stereocenters. The van der Waals surface area contributed by atoms with E-state index in [-0.39, 0.29) is 0 Å². The molecule has 0 amide bonds. The molecule has 1 aliphatic rings. The van der Waals surface area contributed by atoms with Crippen LogP contribution in [0.5, 0.6) is 0 Å². The zero-order valence-electron chi connectivity index (χ0n) is 10.6. The molecule has 3 nitrogen and oxygen atoms in total. The molecule has 0 atom stereocenters. The molecule has 96 valence electrons. The molecule has 0 aliphatic heterocycles. The lowest BCUT2D eigenvalue weighted by Crippen LogP contribution is -2.16. The van der Waals surface area contributed by atoms with Crippen LogP contribution in [0.2, 0.25) is 0 Å². The number of pyridine rings is 1. The second kappa shape index (κ2) is 5.41. The molecule has 0 bridgehead atoms. The van der Waals surface area contributed by atoms with E-state index in [1.807, 2.05) is 23.6 Å². The molecular formula is C15H15N3S. The van der Waals surface area contributed by atoms with Crippen molar-refractivity contribution in [3.05, 3.63) is 35.2 Å². The van der Waals surface area contributed by atoms with Crippen LogP contribution in [0.15, 0.2) is 29.6 Å². The Hall–Kier alpha value is -1.86. The Morgan fingerprint density at radius 2 is 2.11 bits per heavy atom. The highest BCUT2D eigenvalue weighted by molar-refractivity contribution is 7.13. The number of aromatic nitrogens is 1. The van der Waals surface area contributed by atoms with E-state index in [0.717, 1.165) is 16.4 Å². The SMILES string of the molecule is N#Cc1ccc(-c2cccs2)nc1NC1CCCC1. The van der Waals surface area contributed by atoms with Gasteiger partial charge in [0.15, 0.2) is 0 Å². The molecule has 2 aromatic rings. The fourth-order valence-electron chi connectivity index (χ4n) is 2.48. The van der Waals surface area contributed by atoms with Gasteiger partial charge in [0.2, 0.25) is 0 Å². The number of thiophene rings is 1. The lowest BCUT2D eigenvalue weighted by Gasteiger charge is -2.14. The maximum absolute atomic E-state index is 9.19. The van der Waals surface area contributed by atoms with Crippen molar-refractivity contribution in [1.29, 1.82) is 5.26 Å². The molecule has 0 radical (unpaired) electrons. The molecule has 1 N–H and O–H groups in total. The Labute approximate surface area is 116 Å². The quantitative estimate of drug-likeness (QED) is 0.915. The molecule has 0 spiro atoms. The Bertz CT molecular complexity index is 592. The third kappa shape index (κ3) is 2.61.